The van der Waals surface area contributed by atoms with E-state index in [4.69, 9.17) is 5.73 Å². The van der Waals surface area contributed by atoms with Gasteiger partial charge in [-0.15, -0.1) is 0 Å². The van der Waals surface area contributed by atoms with Crippen molar-refractivity contribution in [1.82, 2.24) is 5.32 Å². The molecule has 0 saturated heterocycles. The van der Waals surface area contributed by atoms with E-state index in [0.717, 1.165) is 12.1 Å². The highest BCUT2D eigenvalue weighted by atomic mass is 16.2. The molecule has 1 aromatic carbocycles. The average Bonchev–Trinajstić information content (AvgIpc) is 2.28. The third kappa shape index (κ3) is 3.15. The first-order valence-corrected chi connectivity index (χ1v) is 5.60. The number of carbonyl (C=O) groups excluding carboxylic acids is 1. The second-order valence-corrected chi connectivity index (χ2v) is 3.58. The van der Waals surface area contributed by atoms with Crippen LogP contribution in [0.2, 0.25) is 0 Å². The number of nitrogens with one attached hydrogen (secondary N) is 1. The minimum atomic E-state index is -0.0610. The average molecular weight is 221 g/mol. The van der Waals surface area contributed by atoms with Crippen LogP contribution in [-0.2, 0) is 0 Å². The molecule has 0 bridgehead atoms. The van der Waals surface area contributed by atoms with Crippen LogP contribution in [0.4, 0.5) is 16.2 Å². The summed E-state index contributed by atoms with van der Waals surface area (Å²) in [5, 5.41) is 2.80. The maximum atomic E-state index is 11.8. The quantitative estimate of drug-likeness (QED) is 0.766. The third-order valence-electron chi connectivity index (χ3n) is 2.23. The maximum absolute atomic E-state index is 11.8. The largest absolute Gasteiger partial charge is 0.399 e. The molecule has 88 valence electrons. The van der Waals surface area contributed by atoms with Gasteiger partial charge in [-0.1, -0.05) is 6.92 Å². The molecule has 0 saturated carbocycles. The Kier molecular flexibility index (Phi) is 4.64. The molecule has 4 nitrogen and oxygen atoms in total. The lowest BCUT2D eigenvalue weighted by molar-refractivity contribution is 0.247. The summed E-state index contributed by atoms with van der Waals surface area (Å²) in [7, 11) is 0. The lowest BCUT2D eigenvalue weighted by Crippen LogP contribution is -2.40. The van der Waals surface area contributed by atoms with Gasteiger partial charge in [0, 0.05) is 24.5 Å². The summed E-state index contributed by atoms with van der Waals surface area (Å²) in [5.74, 6) is 0. The first-order valence-electron chi connectivity index (χ1n) is 5.60. The summed E-state index contributed by atoms with van der Waals surface area (Å²) < 4.78 is 0. The zero-order chi connectivity index (χ0) is 12.0. The smallest absolute Gasteiger partial charge is 0.321 e. The van der Waals surface area contributed by atoms with E-state index in [1.165, 1.54) is 0 Å². The van der Waals surface area contributed by atoms with Crippen LogP contribution in [0.15, 0.2) is 24.3 Å². The van der Waals surface area contributed by atoms with E-state index >= 15 is 0 Å². The summed E-state index contributed by atoms with van der Waals surface area (Å²) in [6.45, 7) is 5.29. The fourth-order valence-corrected chi connectivity index (χ4v) is 1.47. The second kappa shape index (κ2) is 6.00. The highest BCUT2D eigenvalue weighted by Gasteiger charge is 2.13. The van der Waals surface area contributed by atoms with Gasteiger partial charge in [-0.3, -0.25) is 4.90 Å². The fraction of sp³-hybridized carbons (Fsp3) is 0.417. The van der Waals surface area contributed by atoms with Gasteiger partial charge >= 0.3 is 6.03 Å². The normalized spacial score (nSPS) is 9.88. The number of urea groups is 1. The lowest BCUT2D eigenvalue weighted by Gasteiger charge is -2.22. The Bertz CT molecular complexity index is 335. The number of benzene rings is 1. The minimum Gasteiger partial charge on any atom is -0.399 e. The summed E-state index contributed by atoms with van der Waals surface area (Å²) in [5.41, 5.74) is 7.20. The highest BCUT2D eigenvalue weighted by molar-refractivity contribution is 5.92. The predicted molar refractivity (Wildman–Crippen MR) is 67.6 cm³/mol. The molecule has 1 aromatic rings. The summed E-state index contributed by atoms with van der Waals surface area (Å²) >= 11 is 0. The van der Waals surface area contributed by atoms with Gasteiger partial charge in [-0.2, -0.15) is 0 Å². The number of anilines is 2. The molecule has 0 aliphatic carbocycles. The van der Waals surface area contributed by atoms with E-state index in [1.54, 1.807) is 17.0 Å². The number of hydrogen-bond donors (Lipinski definition) is 2. The molecule has 2 amide bonds. The molecule has 16 heavy (non-hydrogen) atoms. The van der Waals surface area contributed by atoms with Crippen LogP contribution in [-0.4, -0.2) is 19.1 Å². The van der Waals surface area contributed by atoms with Crippen LogP contribution < -0.4 is 16.0 Å². The molecule has 0 fully saturated rings. The van der Waals surface area contributed by atoms with Gasteiger partial charge in [-0.05, 0) is 37.6 Å². The van der Waals surface area contributed by atoms with Crippen molar-refractivity contribution in [2.75, 3.05) is 23.7 Å². The monoisotopic (exact) mass is 221 g/mol. The van der Waals surface area contributed by atoms with Crippen molar-refractivity contribution in [3.8, 4) is 0 Å². The summed E-state index contributed by atoms with van der Waals surface area (Å²) in [4.78, 5) is 13.5. The number of hydrogen-bond acceptors (Lipinski definition) is 2. The van der Waals surface area contributed by atoms with Crippen LogP contribution in [0.1, 0.15) is 20.3 Å². The molecular weight excluding hydrogens is 202 g/mol. The molecule has 0 atom stereocenters. The molecular formula is C12H19N3O. The Morgan fingerprint density at radius 3 is 2.44 bits per heavy atom. The van der Waals surface area contributed by atoms with Crippen molar-refractivity contribution < 1.29 is 4.79 Å². The van der Waals surface area contributed by atoms with E-state index in [1.807, 2.05) is 26.0 Å². The zero-order valence-electron chi connectivity index (χ0n) is 9.86. The Morgan fingerprint density at radius 2 is 1.94 bits per heavy atom. The summed E-state index contributed by atoms with van der Waals surface area (Å²) in [6.07, 6.45) is 0.918. The van der Waals surface area contributed by atoms with Crippen LogP contribution in [0.3, 0.4) is 0 Å². The van der Waals surface area contributed by atoms with Crippen molar-refractivity contribution in [2.45, 2.75) is 20.3 Å². The van der Waals surface area contributed by atoms with Gasteiger partial charge in [0.2, 0.25) is 0 Å². The van der Waals surface area contributed by atoms with Gasteiger partial charge in [0.05, 0.1) is 0 Å². The molecule has 0 radical (unpaired) electrons. The molecule has 0 spiro atoms. The van der Waals surface area contributed by atoms with E-state index in [2.05, 4.69) is 5.32 Å². The van der Waals surface area contributed by atoms with Gasteiger partial charge in [-0.25, -0.2) is 4.79 Å². The number of carbonyl (C=O) groups is 1. The van der Waals surface area contributed by atoms with Crippen LogP contribution in [0.5, 0.6) is 0 Å². The first kappa shape index (κ1) is 12.4. The van der Waals surface area contributed by atoms with Gasteiger partial charge < -0.3 is 11.1 Å². The molecule has 0 unspecified atom stereocenters. The van der Waals surface area contributed by atoms with E-state index in [9.17, 15) is 4.79 Å². The molecule has 0 aromatic heterocycles. The van der Waals surface area contributed by atoms with Crippen molar-refractivity contribution in [3.63, 3.8) is 0 Å². The number of nitrogen functional groups attached to an aromatic ring is 1. The second-order valence-electron chi connectivity index (χ2n) is 3.58. The number of rotatable bonds is 4. The van der Waals surface area contributed by atoms with Crippen LogP contribution in [0.25, 0.3) is 0 Å². The van der Waals surface area contributed by atoms with Crippen molar-refractivity contribution in [3.05, 3.63) is 24.3 Å². The first-order chi connectivity index (χ1) is 7.69. The predicted octanol–water partition coefficient (Wildman–Crippen LogP) is 2.21. The lowest BCUT2D eigenvalue weighted by atomic mass is 10.2. The van der Waals surface area contributed by atoms with E-state index < -0.39 is 0 Å². The zero-order valence-corrected chi connectivity index (χ0v) is 9.86. The summed E-state index contributed by atoms with van der Waals surface area (Å²) in [6, 6.07) is 7.27. The maximum Gasteiger partial charge on any atom is 0.321 e. The minimum absolute atomic E-state index is 0.0610. The van der Waals surface area contributed by atoms with Gasteiger partial charge in [0.25, 0.3) is 0 Å². The Hall–Kier alpha value is -1.71. The Labute approximate surface area is 96.4 Å². The molecule has 0 aliphatic heterocycles. The van der Waals surface area contributed by atoms with E-state index in [0.29, 0.717) is 18.8 Å². The SMILES string of the molecule is CCCN(C(=O)NCC)c1ccc(N)cc1. The number of nitrogens with two attached hydrogens (primary N) is 1. The fourth-order valence-electron chi connectivity index (χ4n) is 1.47. The molecule has 0 aliphatic rings. The van der Waals surface area contributed by atoms with Crippen molar-refractivity contribution in [1.29, 1.82) is 0 Å². The number of amides is 2. The van der Waals surface area contributed by atoms with Crippen LogP contribution >= 0.6 is 0 Å². The Balaban J connectivity index is 2.84. The standard InChI is InChI=1S/C12H19N3O/c1-3-9-15(12(16)14-4-2)11-7-5-10(13)6-8-11/h5-8H,3-4,9,13H2,1-2H3,(H,14,16). The molecule has 4 heteroatoms. The molecule has 1 rings (SSSR count). The van der Waals surface area contributed by atoms with E-state index in [-0.39, 0.29) is 6.03 Å². The number of nitrogens with zero attached hydrogens (tertiary/aromatic N) is 1. The van der Waals surface area contributed by atoms with Crippen molar-refractivity contribution >= 4 is 17.4 Å². The van der Waals surface area contributed by atoms with Crippen molar-refractivity contribution in [2.24, 2.45) is 0 Å². The van der Waals surface area contributed by atoms with Gasteiger partial charge in [0.15, 0.2) is 0 Å². The molecule has 3 N–H and O–H groups in total. The highest BCUT2D eigenvalue weighted by Crippen LogP contribution is 2.16. The van der Waals surface area contributed by atoms with Crippen LogP contribution in [0, 0.1) is 0 Å². The third-order valence-corrected chi connectivity index (χ3v) is 2.23. The topological polar surface area (TPSA) is 58.4 Å². The molecule has 0 heterocycles. The van der Waals surface area contributed by atoms with Gasteiger partial charge in [0.1, 0.15) is 0 Å². The Morgan fingerprint density at radius 1 is 1.31 bits per heavy atom.